The molecule has 2 N–H and O–H groups in total. The van der Waals surface area contributed by atoms with Gasteiger partial charge in [0.25, 0.3) is 0 Å². The maximum atomic E-state index is 11.0. The monoisotopic (exact) mass is 222 g/mol. The van der Waals surface area contributed by atoms with Crippen molar-refractivity contribution in [2.45, 2.75) is 18.7 Å². The summed E-state index contributed by atoms with van der Waals surface area (Å²) in [6, 6.07) is 1.62. The molecule has 0 aliphatic rings. The molecule has 0 aliphatic carbocycles. The highest BCUT2D eigenvalue weighted by Gasteiger charge is 2.14. The number of primary sulfonamides is 1. The van der Waals surface area contributed by atoms with Crippen LogP contribution in [0.15, 0.2) is 17.2 Å². The second-order valence-electron chi connectivity index (χ2n) is 2.59. The van der Waals surface area contributed by atoms with Crippen molar-refractivity contribution >= 4 is 22.4 Å². The van der Waals surface area contributed by atoms with Crippen molar-refractivity contribution in [3.8, 4) is 0 Å². The van der Waals surface area contributed by atoms with E-state index >= 15 is 0 Å². The van der Waals surface area contributed by atoms with Gasteiger partial charge in [-0.2, -0.15) is 0 Å². The Morgan fingerprint density at radius 1 is 1.38 bits per heavy atom. The van der Waals surface area contributed by atoms with Crippen LogP contribution in [-0.2, 0) is 10.0 Å². The third kappa shape index (κ3) is 2.65. The van der Waals surface area contributed by atoms with Gasteiger partial charge in [-0.25, -0.2) is 13.6 Å². The molecule has 0 fully saturated rings. The Morgan fingerprint density at radius 2 is 1.92 bits per heavy atom. The van der Waals surface area contributed by atoms with Gasteiger partial charge in [0, 0.05) is 6.20 Å². The van der Waals surface area contributed by atoms with E-state index in [4.69, 9.17) is 5.14 Å². The summed E-state index contributed by atoms with van der Waals surface area (Å²) in [5.74, 6) is 0. The van der Waals surface area contributed by atoms with Crippen molar-refractivity contribution in [3.63, 3.8) is 0 Å². The van der Waals surface area contributed by atoms with Gasteiger partial charge in [-0.15, -0.1) is 12.4 Å². The average Bonchev–Trinajstić information content (AvgIpc) is 1.82. The van der Waals surface area contributed by atoms with E-state index in [-0.39, 0.29) is 17.3 Å². The van der Waals surface area contributed by atoms with Crippen molar-refractivity contribution in [2.24, 2.45) is 5.14 Å². The SMILES string of the molecule is Cc1ccnc(C)c1S(N)(=O)=O.Cl. The number of hydrogen-bond donors (Lipinski definition) is 1. The van der Waals surface area contributed by atoms with Crippen LogP contribution in [0.3, 0.4) is 0 Å². The minimum Gasteiger partial charge on any atom is -0.260 e. The molecule has 13 heavy (non-hydrogen) atoms. The molecule has 1 rings (SSSR count). The van der Waals surface area contributed by atoms with Gasteiger partial charge < -0.3 is 0 Å². The summed E-state index contributed by atoms with van der Waals surface area (Å²) in [6.45, 7) is 3.31. The topological polar surface area (TPSA) is 73.0 Å². The normalized spacial score (nSPS) is 10.7. The van der Waals surface area contributed by atoms with E-state index in [0.717, 1.165) is 0 Å². The molecule has 0 amide bonds. The molecule has 1 aromatic rings. The van der Waals surface area contributed by atoms with Gasteiger partial charge in [0.2, 0.25) is 10.0 Å². The van der Waals surface area contributed by atoms with Crippen LogP contribution < -0.4 is 5.14 Å². The third-order valence-corrected chi connectivity index (χ3v) is 2.75. The van der Waals surface area contributed by atoms with Crippen LogP contribution in [0.25, 0.3) is 0 Å². The molecule has 4 nitrogen and oxygen atoms in total. The fourth-order valence-corrected chi connectivity index (χ4v) is 2.09. The number of hydrogen-bond acceptors (Lipinski definition) is 3. The number of nitrogens with zero attached hydrogens (tertiary/aromatic N) is 1. The average molecular weight is 223 g/mol. The number of halogens is 1. The lowest BCUT2D eigenvalue weighted by atomic mass is 10.2. The number of sulfonamides is 1. The van der Waals surface area contributed by atoms with Crippen molar-refractivity contribution in [2.75, 3.05) is 0 Å². The molecular formula is C7H11ClN2O2S. The van der Waals surface area contributed by atoms with Gasteiger partial charge in [-0.1, -0.05) is 0 Å². The summed E-state index contributed by atoms with van der Waals surface area (Å²) in [5.41, 5.74) is 1.07. The Bertz CT molecular complexity index is 383. The lowest BCUT2D eigenvalue weighted by Gasteiger charge is -2.04. The first-order valence-corrected chi connectivity index (χ1v) is 4.92. The molecule has 1 heterocycles. The Hall–Kier alpha value is -0.650. The molecule has 0 spiro atoms. The summed E-state index contributed by atoms with van der Waals surface area (Å²) < 4.78 is 22.0. The molecule has 0 aromatic carbocycles. The van der Waals surface area contributed by atoms with E-state index in [1.165, 1.54) is 0 Å². The molecule has 0 saturated carbocycles. The Morgan fingerprint density at radius 3 is 2.23 bits per heavy atom. The molecule has 0 saturated heterocycles. The molecule has 0 unspecified atom stereocenters. The van der Waals surface area contributed by atoms with Crippen LogP contribution in [0.1, 0.15) is 11.3 Å². The van der Waals surface area contributed by atoms with E-state index in [9.17, 15) is 8.42 Å². The molecule has 0 aliphatic heterocycles. The number of pyridine rings is 1. The summed E-state index contributed by atoms with van der Waals surface area (Å²) in [5, 5.41) is 4.99. The van der Waals surface area contributed by atoms with Gasteiger partial charge in [0.15, 0.2) is 0 Å². The van der Waals surface area contributed by atoms with Gasteiger partial charge in [-0.3, -0.25) is 4.98 Å². The zero-order valence-electron chi connectivity index (χ0n) is 7.31. The Labute approximate surface area is 83.6 Å². The summed E-state index contributed by atoms with van der Waals surface area (Å²) in [7, 11) is -3.63. The van der Waals surface area contributed by atoms with E-state index < -0.39 is 10.0 Å². The lowest BCUT2D eigenvalue weighted by molar-refractivity contribution is 0.596. The highest BCUT2D eigenvalue weighted by Crippen LogP contribution is 2.14. The fraction of sp³-hybridized carbons (Fsp3) is 0.286. The number of aromatic nitrogens is 1. The first-order chi connectivity index (χ1) is 5.43. The Kier molecular flexibility index (Phi) is 3.84. The molecular weight excluding hydrogens is 212 g/mol. The second-order valence-corrected chi connectivity index (χ2v) is 4.09. The van der Waals surface area contributed by atoms with E-state index in [1.807, 2.05) is 0 Å². The third-order valence-electron chi connectivity index (χ3n) is 1.56. The van der Waals surface area contributed by atoms with Crippen molar-refractivity contribution in [1.82, 2.24) is 4.98 Å². The Balaban J connectivity index is 0.00000144. The summed E-state index contributed by atoms with van der Waals surface area (Å²) >= 11 is 0. The van der Waals surface area contributed by atoms with Gasteiger partial charge in [0.1, 0.15) is 4.90 Å². The second kappa shape index (κ2) is 4.04. The maximum Gasteiger partial charge on any atom is 0.240 e. The number of aryl methyl sites for hydroxylation is 2. The van der Waals surface area contributed by atoms with Crippen LogP contribution >= 0.6 is 12.4 Å². The number of nitrogens with two attached hydrogens (primary N) is 1. The minimum absolute atomic E-state index is 0. The molecule has 0 radical (unpaired) electrons. The molecule has 6 heteroatoms. The van der Waals surface area contributed by atoms with Crippen LogP contribution in [0.4, 0.5) is 0 Å². The van der Waals surface area contributed by atoms with E-state index in [1.54, 1.807) is 26.1 Å². The van der Waals surface area contributed by atoms with Crippen molar-refractivity contribution in [1.29, 1.82) is 0 Å². The lowest BCUT2D eigenvalue weighted by Crippen LogP contribution is -2.15. The predicted octanol–water partition coefficient (Wildman–Crippen LogP) is 0.768. The van der Waals surface area contributed by atoms with Crippen LogP contribution in [0.2, 0.25) is 0 Å². The molecule has 74 valence electrons. The number of rotatable bonds is 1. The largest absolute Gasteiger partial charge is 0.260 e. The standard InChI is InChI=1S/C7H10N2O2S.ClH/c1-5-3-4-9-6(2)7(5)12(8,10)11;/h3-4H,1-2H3,(H2,8,10,11);1H. The van der Waals surface area contributed by atoms with Gasteiger partial charge >= 0.3 is 0 Å². The predicted molar refractivity (Wildman–Crippen MR) is 52.3 cm³/mol. The zero-order chi connectivity index (χ0) is 9.35. The first-order valence-electron chi connectivity index (χ1n) is 3.38. The highest BCUT2D eigenvalue weighted by atomic mass is 35.5. The minimum atomic E-state index is -3.63. The first kappa shape index (κ1) is 12.3. The molecule has 0 atom stereocenters. The molecule has 1 aromatic heterocycles. The quantitative estimate of drug-likeness (QED) is 0.763. The summed E-state index contributed by atoms with van der Waals surface area (Å²) in [4.78, 5) is 3.98. The van der Waals surface area contributed by atoms with E-state index in [0.29, 0.717) is 11.3 Å². The highest BCUT2D eigenvalue weighted by molar-refractivity contribution is 7.89. The van der Waals surface area contributed by atoms with Gasteiger partial charge in [-0.05, 0) is 25.5 Å². The fourth-order valence-electron chi connectivity index (χ4n) is 1.11. The van der Waals surface area contributed by atoms with Gasteiger partial charge in [0.05, 0.1) is 5.69 Å². The summed E-state index contributed by atoms with van der Waals surface area (Å²) in [6.07, 6.45) is 1.55. The van der Waals surface area contributed by atoms with Crippen LogP contribution in [0.5, 0.6) is 0 Å². The van der Waals surface area contributed by atoms with Crippen LogP contribution in [-0.4, -0.2) is 13.4 Å². The van der Waals surface area contributed by atoms with Crippen molar-refractivity contribution < 1.29 is 8.42 Å². The van der Waals surface area contributed by atoms with E-state index in [2.05, 4.69) is 4.98 Å². The van der Waals surface area contributed by atoms with Crippen LogP contribution in [0, 0.1) is 13.8 Å². The van der Waals surface area contributed by atoms with Crippen molar-refractivity contribution in [3.05, 3.63) is 23.5 Å². The maximum absolute atomic E-state index is 11.0. The molecule has 0 bridgehead atoms. The zero-order valence-corrected chi connectivity index (χ0v) is 8.95. The smallest absolute Gasteiger partial charge is 0.240 e.